The van der Waals surface area contributed by atoms with Crippen molar-refractivity contribution in [1.29, 1.82) is 0 Å². The summed E-state index contributed by atoms with van der Waals surface area (Å²) in [6.45, 7) is 0.227. The van der Waals surface area contributed by atoms with Crippen LogP contribution in [0.25, 0.3) is 0 Å². The monoisotopic (exact) mass is 291 g/mol. The van der Waals surface area contributed by atoms with Crippen LogP contribution >= 0.6 is 11.8 Å². The van der Waals surface area contributed by atoms with Crippen molar-refractivity contribution < 1.29 is 8.76 Å². The molecule has 2 aromatic carbocycles. The lowest BCUT2D eigenvalue weighted by Gasteiger charge is -2.32. The lowest BCUT2D eigenvalue weighted by atomic mass is 10.2. The molecule has 1 unspecified atom stereocenters. The van der Waals surface area contributed by atoms with Crippen LogP contribution in [0.5, 0.6) is 0 Å². The number of benzene rings is 2. The van der Waals surface area contributed by atoms with E-state index in [0.29, 0.717) is 0 Å². The first-order chi connectivity index (χ1) is 9.25. The molecule has 1 N–H and O–H groups in total. The van der Waals surface area contributed by atoms with Gasteiger partial charge in [0, 0.05) is 21.1 Å². The van der Waals surface area contributed by atoms with Crippen molar-refractivity contribution in [3.05, 3.63) is 48.5 Å². The standard InChI is InChI=1S/C13H12N2O2S2/c16-19(17)14-9-15-10-5-1-3-7-12(10)18-13-8-4-2-6-11(13)15/h1-8,14H,9H2,(H,16,17)/p-1. The second-order valence-corrected chi connectivity index (χ2v) is 5.84. The Kier molecular flexibility index (Phi) is 3.56. The molecule has 6 heteroatoms. The molecule has 1 atom stereocenters. The van der Waals surface area contributed by atoms with Crippen molar-refractivity contribution >= 4 is 34.4 Å². The molecule has 4 nitrogen and oxygen atoms in total. The minimum Gasteiger partial charge on any atom is -0.760 e. The van der Waals surface area contributed by atoms with Gasteiger partial charge in [0.25, 0.3) is 0 Å². The molecule has 0 aliphatic carbocycles. The van der Waals surface area contributed by atoms with Crippen molar-refractivity contribution in [2.75, 3.05) is 11.6 Å². The van der Waals surface area contributed by atoms with Gasteiger partial charge in [-0.2, -0.15) is 0 Å². The minimum atomic E-state index is -2.27. The van der Waals surface area contributed by atoms with Gasteiger partial charge in [0.05, 0.1) is 18.0 Å². The van der Waals surface area contributed by atoms with Crippen LogP contribution in [0.15, 0.2) is 58.3 Å². The normalized spacial score (nSPS) is 14.7. The number of rotatable bonds is 3. The average Bonchev–Trinajstić information content (AvgIpc) is 2.43. The quantitative estimate of drug-likeness (QED) is 0.883. The van der Waals surface area contributed by atoms with Crippen molar-refractivity contribution in [2.24, 2.45) is 0 Å². The fraction of sp³-hybridized carbons (Fsp3) is 0.0769. The Labute approximate surface area is 118 Å². The second kappa shape index (κ2) is 5.34. The lowest BCUT2D eigenvalue weighted by molar-refractivity contribution is 0.523. The summed E-state index contributed by atoms with van der Waals surface area (Å²) in [5.41, 5.74) is 2.04. The molecule has 1 heterocycles. The molecule has 0 amide bonds. The number of hydrogen-bond acceptors (Lipinski definition) is 4. The van der Waals surface area contributed by atoms with Gasteiger partial charge in [-0.05, 0) is 24.3 Å². The van der Waals surface area contributed by atoms with Gasteiger partial charge in [-0.25, -0.2) is 4.72 Å². The molecule has 0 fully saturated rings. The van der Waals surface area contributed by atoms with E-state index in [1.54, 1.807) is 11.8 Å². The van der Waals surface area contributed by atoms with E-state index in [1.165, 1.54) is 0 Å². The molecule has 1 aliphatic rings. The Morgan fingerprint density at radius 2 is 1.58 bits per heavy atom. The Balaban J connectivity index is 2.03. The first kappa shape index (κ1) is 12.7. The molecule has 0 saturated heterocycles. The van der Waals surface area contributed by atoms with E-state index in [4.69, 9.17) is 0 Å². The Morgan fingerprint density at radius 1 is 1.05 bits per heavy atom. The number of nitrogens with zero attached hydrogens (tertiary/aromatic N) is 1. The molecule has 19 heavy (non-hydrogen) atoms. The summed E-state index contributed by atoms with van der Waals surface area (Å²) in [5.74, 6) is 0. The maximum Gasteiger partial charge on any atom is 0.0836 e. The zero-order chi connectivity index (χ0) is 13.2. The molecular weight excluding hydrogens is 280 g/mol. The van der Waals surface area contributed by atoms with Crippen molar-refractivity contribution in [2.45, 2.75) is 9.79 Å². The maximum absolute atomic E-state index is 10.7. The van der Waals surface area contributed by atoms with Crippen LogP contribution in [-0.2, 0) is 11.3 Å². The molecule has 0 radical (unpaired) electrons. The zero-order valence-electron chi connectivity index (χ0n) is 9.91. The van der Waals surface area contributed by atoms with E-state index in [2.05, 4.69) is 4.72 Å². The topological polar surface area (TPSA) is 55.4 Å². The molecule has 0 spiro atoms. The van der Waals surface area contributed by atoms with Gasteiger partial charge in [-0.3, -0.25) is 4.21 Å². The molecule has 2 aromatic rings. The largest absolute Gasteiger partial charge is 0.760 e. The smallest absolute Gasteiger partial charge is 0.0836 e. The minimum absolute atomic E-state index is 0.227. The van der Waals surface area contributed by atoms with Crippen LogP contribution in [-0.4, -0.2) is 15.4 Å². The summed E-state index contributed by atoms with van der Waals surface area (Å²) in [7, 11) is 0. The summed E-state index contributed by atoms with van der Waals surface area (Å²) < 4.78 is 23.9. The number of fused-ring (bicyclic) bond motifs is 2. The Bertz CT molecular complexity index is 588. The summed E-state index contributed by atoms with van der Waals surface area (Å²) >= 11 is -0.572. The maximum atomic E-state index is 10.7. The van der Waals surface area contributed by atoms with Crippen molar-refractivity contribution in [3.8, 4) is 0 Å². The highest BCUT2D eigenvalue weighted by Gasteiger charge is 2.22. The predicted molar refractivity (Wildman–Crippen MR) is 76.1 cm³/mol. The number of hydrogen-bond donors (Lipinski definition) is 1. The molecular formula is C13H11N2O2S2-. The van der Waals surface area contributed by atoms with Gasteiger partial charge in [0.15, 0.2) is 0 Å². The molecule has 0 saturated carbocycles. The Hall–Kier alpha value is -1.34. The lowest BCUT2D eigenvalue weighted by Crippen LogP contribution is -2.33. The third-order valence-corrected chi connectivity index (χ3v) is 4.37. The summed E-state index contributed by atoms with van der Waals surface area (Å²) in [5, 5.41) is 0. The number of anilines is 2. The van der Waals surface area contributed by atoms with Gasteiger partial charge >= 0.3 is 0 Å². The fourth-order valence-corrected chi connectivity index (χ4v) is 3.40. The van der Waals surface area contributed by atoms with E-state index < -0.39 is 11.3 Å². The van der Waals surface area contributed by atoms with Crippen molar-refractivity contribution in [1.82, 2.24) is 4.72 Å². The van der Waals surface area contributed by atoms with Crippen LogP contribution in [0.2, 0.25) is 0 Å². The van der Waals surface area contributed by atoms with Crippen LogP contribution in [0.3, 0.4) is 0 Å². The van der Waals surface area contributed by atoms with E-state index >= 15 is 0 Å². The fourth-order valence-electron chi connectivity index (χ4n) is 2.07. The third kappa shape index (κ3) is 2.52. The highest BCUT2D eigenvalue weighted by molar-refractivity contribution is 7.99. The van der Waals surface area contributed by atoms with Crippen LogP contribution in [0, 0.1) is 0 Å². The molecule has 98 valence electrons. The highest BCUT2D eigenvalue weighted by atomic mass is 32.2. The zero-order valence-corrected chi connectivity index (χ0v) is 11.5. The van der Waals surface area contributed by atoms with Crippen LogP contribution in [0.4, 0.5) is 11.4 Å². The van der Waals surface area contributed by atoms with Crippen molar-refractivity contribution in [3.63, 3.8) is 0 Å². The van der Waals surface area contributed by atoms with E-state index in [9.17, 15) is 8.76 Å². The van der Waals surface area contributed by atoms with Crippen LogP contribution < -0.4 is 9.62 Å². The van der Waals surface area contributed by atoms with Gasteiger partial charge in [-0.15, -0.1) is 0 Å². The number of para-hydroxylation sites is 2. The van der Waals surface area contributed by atoms with E-state index in [1.807, 2.05) is 53.4 Å². The molecule has 3 rings (SSSR count). The molecule has 0 bridgehead atoms. The summed E-state index contributed by atoms with van der Waals surface area (Å²) in [4.78, 5) is 4.22. The van der Waals surface area contributed by atoms with Gasteiger partial charge < -0.3 is 9.45 Å². The average molecular weight is 291 g/mol. The first-order valence-corrected chi connectivity index (χ1v) is 7.61. The SMILES string of the molecule is O=S([O-])NCN1c2ccccc2Sc2ccccc21. The summed E-state index contributed by atoms with van der Waals surface area (Å²) in [6, 6.07) is 15.9. The highest BCUT2D eigenvalue weighted by Crippen LogP contribution is 2.47. The van der Waals surface area contributed by atoms with E-state index in [-0.39, 0.29) is 6.67 Å². The molecule has 1 aliphatic heterocycles. The van der Waals surface area contributed by atoms with E-state index in [0.717, 1.165) is 21.2 Å². The van der Waals surface area contributed by atoms with Gasteiger partial charge in [0.1, 0.15) is 0 Å². The van der Waals surface area contributed by atoms with Gasteiger partial charge in [0.2, 0.25) is 0 Å². The van der Waals surface area contributed by atoms with Gasteiger partial charge in [-0.1, -0.05) is 36.0 Å². The Morgan fingerprint density at radius 3 is 2.11 bits per heavy atom. The second-order valence-electron chi connectivity index (χ2n) is 4.00. The summed E-state index contributed by atoms with van der Waals surface area (Å²) in [6.07, 6.45) is 0. The number of nitrogens with one attached hydrogen (secondary N) is 1. The molecule has 0 aromatic heterocycles. The van der Waals surface area contributed by atoms with Crippen LogP contribution in [0.1, 0.15) is 0 Å². The first-order valence-electron chi connectivity index (χ1n) is 5.72. The third-order valence-electron chi connectivity index (χ3n) is 2.87. The predicted octanol–water partition coefficient (Wildman–Crippen LogP) is 2.63.